The molecule has 2 atom stereocenters. The first-order valence-corrected chi connectivity index (χ1v) is 13.0. The lowest BCUT2D eigenvalue weighted by molar-refractivity contribution is -0.137. The molecule has 7 nitrogen and oxygen atoms in total. The molecule has 0 spiro atoms. The van der Waals surface area contributed by atoms with Crippen molar-refractivity contribution in [1.29, 1.82) is 0 Å². The third-order valence-corrected chi connectivity index (χ3v) is 6.87. The fourth-order valence-corrected chi connectivity index (χ4v) is 5.14. The first-order valence-electron chi connectivity index (χ1n) is 13.0. The Morgan fingerprint density at radius 1 is 1.00 bits per heavy atom. The van der Waals surface area contributed by atoms with Gasteiger partial charge in [0, 0.05) is 31.3 Å². The molecule has 0 amide bonds. The Morgan fingerprint density at radius 3 is 2.50 bits per heavy atom. The highest BCUT2D eigenvalue weighted by Gasteiger charge is 2.26. The summed E-state index contributed by atoms with van der Waals surface area (Å²) < 4.78 is 23.5. The predicted molar refractivity (Wildman–Crippen MR) is 145 cm³/mol. The van der Waals surface area contributed by atoms with Gasteiger partial charge in [0.05, 0.1) is 19.1 Å². The van der Waals surface area contributed by atoms with E-state index in [1.807, 2.05) is 18.2 Å². The second-order valence-electron chi connectivity index (χ2n) is 9.67. The van der Waals surface area contributed by atoms with Gasteiger partial charge in [-0.1, -0.05) is 24.3 Å². The summed E-state index contributed by atoms with van der Waals surface area (Å²) in [4.78, 5) is 11.1. The molecule has 0 aliphatic carbocycles. The summed E-state index contributed by atoms with van der Waals surface area (Å²) in [6.07, 6.45) is 2.44. The van der Waals surface area contributed by atoms with Crippen LogP contribution in [0.1, 0.15) is 47.4 Å². The summed E-state index contributed by atoms with van der Waals surface area (Å²) in [5.74, 6) is 1.37. The Bertz CT molecular complexity index is 1220. The number of rotatable bonds is 9. The van der Waals surface area contributed by atoms with Crippen LogP contribution < -0.4 is 14.2 Å². The van der Waals surface area contributed by atoms with Gasteiger partial charge in [0.2, 0.25) is 0 Å². The second kappa shape index (κ2) is 12.8. The third-order valence-electron chi connectivity index (χ3n) is 6.87. The lowest BCUT2D eigenvalue weighted by Crippen LogP contribution is -2.16. The largest absolute Gasteiger partial charge is 0.492 e. The lowest BCUT2D eigenvalue weighted by Gasteiger charge is -2.16. The van der Waals surface area contributed by atoms with Crippen molar-refractivity contribution in [2.24, 2.45) is 0 Å². The van der Waals surface area contributed by atoms with Gasteiger partial charge in [-0.15, -0.1) is 0 Å². The average Bonchev–Trinajstić information content (AvgIpc) is 3.57. The fourth-order valence-electron chi connectivity index (χ4n) is 5.14. The van der Waals surface area contributed by atoms with E-state index in [1.54, 1.807) is 0 Å². The van der Waals surface area contributed by atoms with Crippen molar-refractivity contribution >= 4 is 5.97 Å². The van der Waals surface area contributed by atoms with Crippen LogP contribution in [0.5, 0.6) is 17.2 Å². The Morgan fingerprint density at radius 2 is 1.79 bits per heavy atom. The van der Waals surface area contributed by atoms with Crippen molar-refractivity contribution in [3.8, 4) is 28.4 Å². The van der Waals surface area contributed by atoms with Crippen molar-refractivity contribution in [1.82, 2.24) is 0 Å². The number of carboxylic acids is 1. The van der Waals surface area contributed by atoms with E-state index in [0.717, 1.165) is 49.0 Å². The standard InChI is InChI=1S/C30H32O6.CH4O/c1-19-11-26(35-18-25-7-4-10-33-25)12-20(2)30(19)22-6-3-5-21(13-22)16-34-24-8-9-27-23(14-29(31)32)17-36-28(27)15-24;1-2/h3,5-6,8-9,11-13,15,23,25H,4,7,10,14,16-18H2,1-2H3,(H,31,32);2H,1H3. The molecular formula is C31H36O7. The molecular weight excluding hydrogens is 484 g/mol. The molecule has 7 heteroatoms. The van der Waals surface area contributed by atoms with E-state index < -0.39 is 5.97 Å². The highest BCUT2D eigenvalue weighted by atomic mass is 16.5. The number of ether oxygens (including phenoxy) is 4. The van der Waals surface area contributed by atoms with Crippen molar-refractivity contribution in [2.45, 2.75) is 51.7 Å². The van der Waals surface area contributed by atoms with E-state index in [2.05, 4.69) is 50.2 Å². The summed E-state index contributed by atoms with van der Waals surface area (Å²) >= 11 is 0. The minimum Gasteiger partial charge on any atom is -0.492 e. The summed E-state index contributed by atoms with van der Waals surface area (Å²) in [6, 6.07) is 18.2. The number of aliphatic hydroxyl groups is 1. The van der Waals surface area contributed by atoms with Gasteiger partial charge >= 0.3 is 5.97 Å². The second-order valence-corrected chi connectivity index (χ2v) is 9.67. The molecule has 3 aromatic rings. The van der Waals surface area contributed by atoms with E-state index in [1.165, 1.54) is 16.7 Å². The van der Waals surface area contributed by atoms with E-state index in [4.69, 9.17) is 29.2 Å². The molecule has 1 fully saturated rings. The molecule has 0 aromatic heterocycles. The van der Waals surface area contributed by atoms with Crippen LogP contribution in [0, 0.1) is 13.8 Å². The zero-order chi connectivity index (χ0) is 27.1. The minimum atomic E-state index is -0.817. The van der Waals surface area contributed by atoms with E-state index >= 15 is 0 Å². The molecule has 2 heterocycles. The summed E-state index contributed by atoms with van der Waals surface area (Å²) in [5.41, 5.74) is 6.68. The number of aliphatic hydroxyl groups excluding tert-OH is 1. The average molecular weight is 521 g/mol. The lowest BCUT2D eigenvalue weighted by atomic mass is 9.94. The number of benzene rings is 3. The first-order chi connectivity index (χ1) is 18.5. The van der Waals surface area contributed by atoms with Crippen LogP contribution in [-0.4, -0.2) is 49.2 Å². The number of aryl methyl sites for hydroxylation is 2. The van der Waals surface area contributed by atoms with Crippen LogP contribution in [0.3, 0.4) is 0 Å². The maximum Gasteiger partial charge on any atom is 0.304 e. The normalized spacial score (nSPS) is 17.7. The van der Waals surface area contributed by atoms with Gasteiger partial charge in [-0.05, 0) is 78.8 Å². The summed E-state index contributed by atoms with van der Waals surface area (Å²) in [7, 11) is 1.00. The first kappa shape index (κ1) is 27.5. The van der Waals surface area contributed by atoms with Gasteiger partial charge in [-0.2, -0.15) is 0 Å². The van der Waals surface area contributed by atoms with Crippen LogP contribution in [0.15, 0.2) is 54.6 Å². The Balaban J connectivity index is 0.00000164. The van der Waals surface area contributed by atoms with Gasteiger partial charge in [0.1, 0.15) is 30.5 Å². The molecule has 0 bridgehead atoms. The SMILES string of the molecule is CO.Cc1cc(OCC2CCCO2)cc(C)c1-c1cccc(COc2ccc3c(c2)OCC3CC(=O)O)c1. The van der Waals surface area contributed by atoms with Gasteiger partial charge < -0.3 is 29.2 Å². The number of carbonyl (C=O) groups is 1. The molecule has 5 rings (SSSR count). The minimum absolute atomic E-state index is 0.0703. The highest BCUT2D eigenvalue weighted by Crippen LogP contribution is 2.38. The van der Waals surface area contributed by atoms with Crippen LogP contribution in [0.4, 0.5) is 0 Å². The predicted octanol–water partition coefficient (Wildman–Crippen LogP) is 5.67. The zero-order valence-electron chi connectivity index (χ0n) is 22.2. The van der Waals surface area contributed by atoms with Crippen LogP contribution in [-0.2, 0) is 16.1 Å². The topological polar surface area (TPSA) is 94.5 Å². The number of carboxylic acid groups (broad SMARTS) is 1. The van der Waals surface area contributed by atoms with Crippen molar-refractivity contribution in [2.75, 3.05) is 26.9 Å². The molecule has 0 radical (unpaired) electrons. The number of hydrogen-bond donors (Lipinski definition) is 2. The molecule has 1 saturated heterocycles. The van der Waals surface area contributed by atoms with Gasteiger partial charge in [-0.25, -0.2) is 0 Å². The molecule has 2 aliphatic heterocycles. The smallest absolute Gasteiger partial charge is 0.304 e. The van der Waals surface area contributed by atoms with Gasteiger partial charge in [-0.3, -0.25) is 4.79 Å². The summed E-state index contributed by atoms with van der Waals surface area (Å²) in [5, 5.41) is 16.1. The molecule has 0 saturated carbocycles. The molecule has 2 N–H and O–H groups in total. The monoisotopic (exact) mass is 520 g/mol. The quantitative estimate of drug-likeness (QED) is 0.376. The van der Waals surface area contributed by atoms with Crippen molar-refractivity contribution in [3.63, 3.8) is 0 Å². The fraction of sp³-hybridized carbons (Fsp3) is 0.387. The zero-order valence-corrected chi connectivity index (χ0v) is 22.2. The maximum atomic E-state index is 11.1. The van der Waals surface area contributed by atoms with E-state index in [-0.39, 0.29) is 18.4 Å². The number of aliphatic carboxylic acids is 1. The van der Waals surface area contributed by atoms with E-state index in [9.17, 15) is 4.79 Å². The van der Waals surface area contributed by atoms with Gasteiger partial charge in [0.25, 0.3) is 0 Å². The third kappa shape index (κ3) is 6.65. The Hall–Kier alpha value is -3.55. The maximum absolute atomic E-state index is 11.1. The van der Waals surface area contributed by atoms with E-state index in [0.29, 0.717) is 31.3 Å². The van der Waals surface area contributed by atoms with Crippen LogP contribution in [0.25, 0.3) is 11.1 Å². The summed E-state index contributed by atoms with van der Waals surface area (Å²) in [6.45, 7) is 6.48. The Kier molecular flexibility index (Phi) is 9.26. The molecule has 202 valence electrons. The van der Waals surface area contributed by atoms with Crippen LogP contribution >= 0.6 is 0 Å². The van der Waals surface area contributed by atoms with Crippen molar-refractivity contribution in [3.05, 3.63) is 76.9 Å². The Labute approximate surface area is 223 Å². The number of hydrogen-bond acceptors (Lipinski definition) is 6. The molecule has 3 aromatic carbocycles. The number of fused-ring (bicyclic) bond motifs is 1. The van der Waals surface area contributed by atoms with Gasteiger partial charge in [0.15, 0.2) is 0 Å². The molecule has 38 heavy (non-hydrogen) atoms. The highest BCUT2D eigenvalue weighted by molar-refractivity contribution is 5.72. The molecule has 2 unspecified atom stereocenters. The van der Waals surface area contributed by atoms with Crippen LogP contribution in [0.2, 0.25) is 0 Å². The van der Waals surface area contributed by atoms with Crippen molar-refractivity contribution < 1.29 is 34.0 Å². The molecule has 2 aliphatic rings.